The van der Waals surface area contributed by atoms with E-state index in [1.807, 2.05) is 54.6 Å². The number of carboxylic acid groups (broad SMARTS) is 2. The molecule has 0 unspecified atom stereocenters. The average Bonchev–Trinajstić information content (AvgIpc) is 2.62. The minimum atomic E-state index is -1.29. The van der Waals surface area contributed by atoms with Crippen molar-refractivity contribution in [1.29, 1.82) is 0 Å². The van der Waals surface area contributed by atoms with Crippen molar-refractivity contribution in [1.82, 2.24) is 0 Å². The van der Waals surface area contributed by atoms with E-state index in [9.17, 15) is 19.8 Å². The average molecular weight is 333 g/mol. The molecule has 0 spiro atoms. The van der Waals surface area contributed by atoms with Crippen molar-refractivity contribution < 1.29 is 19.8 Å². The van der Waals surface area contributed by atoms with E-state index < -0.39 is 11.9 Å². The van der Waals surface area contributed by atoms with Gasteiger partial charge in [0.25, 0.3) is 0 Å². The molecule has 5 nitrogen and oxygen atoms in total. The predicted octanol–water partition coefficient (Wildman–Crippen LogP) is 4.49. The van der Waals surface area contributed by atoms with E-state index in [-0.39, 0.29) is 16.8 Å². The summed E-state index contributed by atoms with van der Waals surface area (Å²) in [4.78, 5) is 22.9. The molecule has 3 N–H and O–H groups in total. The molecule has 0 aliphatic carbocycles. The molecule has 0 bridgehead atoms. The van der Waals surface area contributed by atoms with Gasteiger partial charge in [-0.05, 0) is 23.8 Å². The fraction of sp³-hybridized carbons (Fsp3) is 0. The van der Waals surface area contributed by atoms with Crippen molar-refractivity contribution in [3.8, 4) is 11.1 Å². The third-order valence-corrected chi connectivity index (χ3v) is 3.79. The highest BCUT2D eigenvalue weighted by Crippen LogP contribution is 2.32. The Morgan fingerprint density at radius 1 is 0.680 bits per heavy atom. The zero-order valence-electron chi connectivity index (χ0n) is 13.1. The first kappa shape index (κ1) is 16.3. The Bertz CT molecular complexity index is 935. The van der Waals surface area contributed by atoms with Crippen LogP contribution in [-0.2, 0) is 0 Å². The summed E-state index contributed by atoms with van der Waals surface area (Å²) >= 11 is 0. The van der Waals surface area contributed by atoms with Gasteiger partial charge in [0.15, 0.2) is 0 Å². The molecular formula is C20H15NO4. The van der Waals surface area contributed by atoms with Crippen molar-refractivity contribution in [3.05, 3.63) is 83.9 Å². The molecule has 0 fully saturated rings. The first-order chi connectivity index (χ1) is 12.1. The number of anilines is 2. The molecule has 0 aliphatic rings. The summed E-state index contributed by atoms with van der Waals surface area (Å²) in [7, 11) is 0. The lowest BCUT2D eigenvalue weighted by Crippen LogP contribution is -2.11. The smallest absolute Gasteiger partial charge is 0.338 e. The highest BCUT2D eigenvalue weighted by molar-refractivity contribution is 6.06. The monoisotopic (exact) mass is 333 g/mol. The number of para-hydroxylation sites is 1. The molecule has 0 aromatic heterocycles. The van der Waals surface area contributed by atoms with Gasteiger partial charge < -0.3 is 15.5 Å². The highest BCUT2D eigenvalue weighted by Gasteiger charge is 2.20. The van der Waals surface area contributed by atoms with Gasteiger partial charge in [-0.2, -0.15) is 0 Å². The Kier molecular flexibility index (Phi) is 4.48. The summed E-state index contributed by atoms with van der Waals surface area (Å²) < 4.78 is 0. The van der Waals surface area contributed by atoms with Gasteiger partial charge in [0, 0.05) is 11.3 Å². The van der Waals surface area contributed by atoms with E-state index in [0.29, 0.717) is 5.69 Å². The van der Waals surface area contributed by atoms with Gasteiger partial charge in [-0.1, -0.05) is 54.6 Å². The van der Waals surface area contributed by atoms with Crippen LogP contribution in [0, 0.1) is 0 Å². The number of carbonyl (C=O) groups is 2. The number of hydrogen-bond acceptors (Lipinski definition) is 3. The largest absolute Gasteiger partial charge is 0.478 e. The van der Waals surface area contributed by atoms with E-state index in [1.165, 1.54) is 12.1 Å². The summed E-state index contributed by atoms with van der Waals surface area (Å²) in [5, 5.41) is 21.8. The summed E-state index contributed by atoms with van der Waals surface area (Å²) in [6, 6.07) is 21.5. The van der Waals surface area contributed by atoms with Crippen LogP contribution in [0.15, 0.2) is 72.8 Å². The van der Waals surface area contributed by atoms with Gasteiger partial charge >= 0.3 is 11.9 Å². The lowest BCUT2D eigenvalue weighted by atomic mass is 10.0. The quantitative estimate of drug-likeness (QED) is 0.640. The van der Waals surface area contributed by atoms with Gasteiger partial charge in [-0.3, -0.25) is 0 Å². The molecule has 0 amide bonds. The summed E-state index contributed by atoms with van der Waals surface area (Å²) in [5.41, 5.74) is 2.26. The zero-order chi connectivity index (χ0) is 17.8. The predicted molar refractivity (Wildman–Crippen MR) is 95.5 cm³/mol. The van der Waals surface area contributed by atoms with Crippen molar-refractivity contribution in [2.75, 3.05) is 5.32 Å². The van der Waals surface area contributed by atoms with Crippen molar-refractivity contribution in [2.45, 2.75) is 0 Å². The fourth-order valence-corrected chi connectivity index (χ4v) is 2.67. The van der Waals surface area contributed by atoms with Gasteiger partial charge in [-0.25, -0.2) is 9.59 Å². The van der Waals surface area contributed by atoms with E-state index in [4.69, 9.17) is 0 Å². The maximum atomic E-state index is 11.6. The number of benzene rings is 3. The van der Waals surface area contributed by atoms with Crippen LogP contribution in [0.4, 0.5) is 11.4 Å². The molecule has 124 valence electrons. The Balaban J connectivity index is 2.09. The fourth-order valence-electron chi connectivity index (χ4n) is 2.67. The molecular weight excluding hydrogens is 318 g/mol. The Hall–Kier alpha value is -3.60. The summed E-state index contributed by atoms with van der Waals surface area (Å²) in [5.74, 6) is -2.57. The van der Waals surface area contributed by atoms with Crippen LogP contribution >= 0.6 is 0 Å². The van der Waals surface area contributed by atoms with Gasteiger partial charge in [0.1, 0.15) is 0 Å². The van der Waals surface area contributed by atoms with Gasteiger partial charge in [0.05, 0.1) is 16.8 Å². The molecule has 0 saturated heterocycles. The van der Waals surface area contributed by atoms with Gasteiger partial charge in [0.2, 0.25) is 0 Å². The number of hydrogen-bond donors (Lipinski definition) is 3. The topological polar surface area (TPSA) is 86.6 Å². The number of rotatable bonds is 5. The number of aromatic carboxylic acids is 2. The first-order valence-electron chi connectivity index (χ1n) is 7.59. The molecule has 3 aromatic carbocycles. The van der Waals surface area contributed by atoms with Crippen molar-refractivity contribution in [2.24, 2.45) is 0 Å². The van der Waals surface area contributed by atoms with Crippen LogP contribution < -0.4 is 5.32 Å². The lowest BCUT2D eigenvalue weighted by Gasteiger charge is -2.15. The summed E-state index contributed by atoms with van der Waals surface area (Å²) in [6.45, 7) is 0. The van der Waals surface area contributed by atoms with Crippen molar-refractivity contribution in [3.63, 3.8) is 0 Å². The molecule has 0 atom stereocenters. The van der Waals surface area contributed by atoms with E-state index in [2.05, 4.69) is 5.32 Å². The van der Waals surface area contributed by atoms with Crippen molar-refractivity contribution >= 4 is 23.3 Å². The molecule has 0 radical (unpaired) electrons. The minimum Gasteiger partial charge on any atom is -0.478 e. The molecule has 3 rings (SSSR count). The Labute approximate surface area is 144 Å². The normalized spacial score (nSPS) is 10.2. The first-order valence-corrected chi connectivity index (χ1v) is 7.59. The zero-order valence-corrected chi connectivity index (χ0v) is 13.1. The summed E-state index contributed by atoms with van der Waals surface area (Å²) in [6.07, 6.45) is 0. The van der Waals surface area contributed by atoms with E-state index in [0.717, 1.165) is 11.1 Å². The highest BCUT2D eigenvalue weighted by atomic mass is 16.4. The van der Waals surface area contributed by atoms with E-state index in [1.54, 1.807) is 6.07 Å². The molecule has 0 saturated carbocycles. The van der Waals surface area contributed by atoms with Crippen LogP contribution in [0.3, 0.4) is 0 Å². The molecule has 3 aromatic rings. The van der Waals surface area contributed by atoms with Crippen LogP contribution in [0.5, 0.6) is 0 Å². The van der Waals surface area contributed by atoms with E-state index >= 15 is 0 Å². The van der Waals surface area contributed by atoms with Crippen LogP contribution in [0.2, 0.25) is 0 Å². The van der Waals surface area contributed by atoms with Gasteiger partial charge in [-0.15, -0.1) is 0 Å². The third-order valence-electron chi connectivity index (χ3n) is 3.79. The second-order valence-electron chi connectivity index (χ2n) is 5.38. The SMILES string of the molecule is O=C(O)c1cccc(Nc2ccccc2-c2ccccc2)c1C(=O)O. The maximum absolute atomic E-state index is 11.6. The molecule has 5 heteroatoms. The molecule has 0 aliphatic heterocycles. The second-order valence-corrected chi connectivity index (χ2v) is 5.38. The molecule has 0 heterocycles. The third kappa shape index (κ3) is 3.35. The second kappa shape index (κ2) is 6.88. The Morgan fingerprint density at radius 3 is 2.00 bits per heavy atom. The Morgan fingerprint density at radius 2 is 1.32 bits per heavy atom. The van der Waals surface area contributed by atoms with Crippen LogP contribution in [0.25, 0.3) is 11.1 Å². The maximum Gasteiger partial charge on any atom is 0.338 e. The number of nitrogens with one attached hydrogen (secondary N) is 1. The minimum absolute atomic E-state index is 0.232. The lowest BCUT2D eigenvalue weighted by molar-refractivity contribution is 0.0652. The standard InChI is InChI=1S/C20H15NO4/c22-19(23)15-10-6-12-17(18(15)20(24)25)21-16-11-5-4-9-14(16)13-7-2-1-3-8-13/h1-12,21H,(H,22,23)(H,24,25). The van der Waals surface area contributed by atoms with Crippen LogP contribution in [-0.4, -0.2) is 22.2 Å². The number of carboxylic acids is 2. The van der Waals surface area contributed by atoms with Crippen LogP contribution in [0.1, 0.15) is 20.7 Å². The molecule has 25 heavy (non-hydrogen) atoms.